The summed E-state index contributed by atoms with van der Waals surface area (Å²) < 4.78 is 0. The molecule has 0 bridgehead atoms. The van der Waals surface area contributed by atoms with Crippen molar-refractivity contribution in [2.45, 2.75) is 0 Å². The molecule has 0 aliphatic heterocycles. The molecule has 38 valence electrons. The van der Waals surface area contributed by atoms with Gasteiger partial charge in [-0.05, 0) is 0 Å². The van der Waals surface area contributed by atoms with Crippen LogP contribution >= 0.6 is 0 Å². The first-order valence-electron chi connectivity index (χ1n) is 1.77. The van der Waals surface area contributed by atoms with Gasteiger partial charge in [-0.1, -0.05) is 12.4 Å². The zero-order valence-electron chi connectivity index (χ0n) is 4.83. The molecule has 0 unspecified atom stereocenters. The average Bonchev–Trinajstić information content (AvgIpc) is 1.72. The van der Waals surface area contributed by atoms with Crippen LogP contribution in [0.5, 0.6) is 0 Å². The van der Waals surface area contributed by atoms with Gasteiger partial charge in [0.1, 0.15) is 0 Å². The molecule has 0 aliphatic rings. The van der Waals surface area contributed by atoms with E-state index in [1.165, 1.54) is 0 Å². The standard InChI is InChI=1S/C5H4N.CH3.Y/c1-2-4-6-5-3-1;;/h1-4H;1H3;/q2*-1;+3. The third kappa shape index (κ3) is 4.41. The Morgan fingerprint density at radius 1 is 1.25 bits per heavy atom. The van der Waals surface area contributed by atoms with Crippen molar-refractivity contribution in [3.8, 4) is 0 Å². The Bertz CT molecular complexity index is 80.5. The molecule has 1 aromatic rings. The fourth-order valence-electron chi connectivity index (χ4n) is 0.277. The molecule has 0 N–H and O–H groups in total. The first kappa shape index (κ1) is 11.1. The van der Waals surface area contributed by atoms with E-state index in [1.54, 1.807) is 12.3 Å². The first-order chi connectivity index (χ1) is 3.00. The van der Waals surface area contributed by atoms with Gasteiger partial charge in [0.15, 0.2) is 0 Å². The van der Waals surface area contributed by atoms with Gasteiger partial charge in [-0.2, -0.15) is 18.2 Å². The summed E-state index contributed by atoms with van der Waals surface area (Å²) in [6.07, 6.45) is 4.34. The molecule has 0 aliphatic carbocycles. The number of rotatable bonds is 0. The van der Waals surface area contributed by atoms with E-state index in [0.29, 0.717) is 0 Å². The molecule has 1 nitrogen and oxygen atoms in total. The van der Waals surface area contributed by atoms with Gasteiger partial charge in [-0.25, -0.2) is 0 Å². The minimum absolute atomic E-state index is 0. The van der Waals surface area contributed by atoms with Crippen LogP contribution in [0, 0.1) is 13.6 Å². The fraction of sp³-hybridized carbons (Fsp3) is 0. The molecular formula is C6H7NY+. The van der Waals surface area contributed by atoms with Crippen molar-refractivity contribution >= 4 is 0 Å². The van der Waals surface area contributed by atoms with Crippen LogP contribution in [0.3, 0.4) is 0 Å². The number of nitrogens with zero attached hydrogens (tertiary/aromatic N) is 1. The quantitative estimate of drug-likeness (QED) is 0.551. The Labute approximate surface area is 75.4 Å². The number of aromatic nitrogens is 1. The second kappa shape index (κ2) is 7.25. The summed E-state index contributed by atoms with van der Waals surface area (Å²) in [7, 11) is 0. The molecule has 1 aromatic heterocycles. The third-order valence-electron chi connectivity index (χ3n) is 0.517. The molecule has 0 radical (unpaired) electrons. The van der Waals surface area contributed by atoms with Crippen molar-refractivity contribution in [3.05, 3.63) is 38.0 Å². The summed E-state index contributed by atoms with van der Waals surface area (Å²) in [5, 5.41) is 0. The van der Waals surface area contributed by atoms with Crippen molar-refractivity contribution in [2.24, 2.45) is 0 Å². The Hall–Kier alpha value is 0.254. The van der Waals surface area contributed by atoms with Crippen molar-refractivity contribution in [2.75, 3.05) is 0 Å². The normalized spacial score (nSPS) is 6.00. The molecule has 0 saturated carbocycles. The van der Waals surface area contributed by atoms with E-state index in [2.05, 4.69) is 11.2 Å². The van der Waals surface area contributed by atoms with E-state index >= 15 is 0 Å². The summed E-state index contributed by atoms with van der Waals surface area (Å²) in [5.74, 6) is 0. The smallest absolute Gasteiger partial charge is 0.394 e. The van der Waals surface area contributed by atoms with Crippen molar-refractivity contribution in [3.63, 3.8) is 0 Å². The van der Waals surface area contributed by atoms with Gasteiger partial charge in [0, 0.05) is 0 Å². The Morgan fingerprint density at radius 3 is 2.12 bits per heavy atom. The van der Waals surface area contributed by atoms with Gasteiger partial charge in [0.25, 0.3) is 0 Å². The molecule has 0 aromatic carbocycles. The van der Waals surface area contributed by atoms with Gasteiger partial charge >= 0.3 is 32.7 Å². The number of hydrogen-bond donors (Lipinski definition) is 0. The molecule has 1 heterocycles. The van der Waals surface area contributed by atoms with E-state index < -0.39 is 0 Å². The summed E-state index contributed by atoms with van der Waals surface area (Å²) in [4.78, 5) is 3.66. The maximum absolute atomic E-state index is 3.66. The summed E-state index contributed by atoms with van der Waals surface area (Å²) in [6.45, 7) is 0. The van der Waals surface area contributed by atoms with Crippen LogP contribution in [0.2, 0.25) is 0 Å². The topological polar surface area (TPSA) is 12.9 Å². The summed E-state index contributed by atoms with van der Waals surface area (Å²) in [6, 6.07) is 5.50. The van der Waals surface area contributed by atoms with Crippen LogP contribution in [0.15, 0.2) is 24.4 Å². The molecule has 8 heavy (non-hydrogen) atoms. The Kier molecular flexibility index (Phi) is 10.1. The van der Waals surface area contributed by atoms with Crippen LogP contribution in [-0.2, 0) is 32.7 Å². The molecule has 0 spiro atoms. The predicted molar refractivity (Wildman–Crippen MR) is 29.5 cm³/mol. The van der Waals surface area contributed by atoms with Gasteiger partial charge in [-0.15, -0.1) is 0 Å². The second-order valence-electron chi connectivity index (χ2n) is 0.959. The van der Waals surface area contributed by atoms with E-state index in [-0.39, 0.29) is 40.1 Å². The number of pyridine rings is 1. The van der Waals surface area contributed by atoms with Crippen LogP contribution in [0.1, 0.15) is 0 Å². The predicted octanol–water partition coefficient (Wildman–Crippen LogP) is 1.33. The molecule has 0 atom stereocenters. The molecular weight excluding hydrogens is 175 g/mol. The van der Waals surface area contributed by atoms with E-state index in [9.17, 15) is 0 Å². The van der Waals surface area contributed by atoms with Gasteiger partial charge in [-0.3, -0.25) is 0 Å². The van der Waals surface area contributed by atoms with Gasteiger partial charge < -0.3 is 12.4 Å². The maximum atomic E-state index is 3.66. The minimum atomic E-state index is 0. The summed E-state index contributed by atoms with van der Waals surface area (Å²) in [5.41, 5.74) is 0. The molecule has 0 saturated heterocycles. The van der Waals surface area contributed by atoms with Crippen LogP contribution in [0.4, 0.5) is 0 Å². The minimum Gasteiger partial charge on any atom is -0.394 e. The van der Waals surface area contributed by atoms with Crippen LogP contribution < -0.4 is 0 Å². The number of hydrogen-bond acceptors (Lipinski definition) is 1. The van der Waals surface area contributed by atoms with Crippen molar-refractivity contribution < 1.29 is 32.7 Å². The zero-order chi connectivity index (χ0) is 4.24. The molecule has 2 heteroatoms. The van der Waals surface area contributed by atoms with E-state index in [4.69, 9.17) is 0 Å². The van der Waals surface area contributed by atoms with Crippen molar-refractivity contribution in [1.29, 1.82) is 0 Å². The SMILES string of the molecule is [CH3-].[Y+3].[c-]1ccccn1. The second-order valence-corrected chi connectivity index (χ2v) is 0.959. The summed E-state index contributed by atoms with van der Waals surface area (Å²) >= 11 is 0. The van der Waals surface area contributed by atoms with Crippen LogP contribution in [-0.4, -0.2) is 4.98 Å². The van der Waals surface area contributed by atoms with E-state index in [1.807, 2.05) is 12.1 Å². The third-order valence-corrected chi connectivity index (χ3v) is 0.517. The molecule has 0 amide bonds. The van der Waals surface area contributed by atoms with Gasteiger partial charge in [0.05, 0.1) is 0 Å². The van der Waals surface area contributed by atoms with Crippen molar-refractivity contribution in [1.82, 2.24) is 4.98 Å². The molecule has 0 fully saturated rings. The maximum Gasteiger partial charge on any atom is 3.00 e. The van der Waals surface area contributed by atoms with E-state index in [0.717, 1.165) is 0 Å². The molecule has 1 rings (SSSR count). The Balaban J connectivity index is 0. The van der Waals surface area contributed by atoms with Gasteiger partial charge in [0.2, 0.25) is 0 Å². The monoisotopic (exact) mass is 182 g/mol. The zero-order valence-corrected chi connectivity index (χ0v) is 7.67. The fourth-order valence-corrected chi connectivity index (χ4v) is 0.277. The first-order valence-corrected chi connectivity index (χ1v) is 1.77. The van der Waals surface area contributed by atoms with Crippen LogP contribution in [0.25, 0.3) is 0 Å². The largest absolute Gasteiger partial charge is 3.00 e. The Morgan fingerprint density at radius 2 is 2.00 bits per heavy atom. The average molecular weight is 182 g/mol.